The van der Waals surface area contributed by atoms with Gasteiger partial charge in [-0.25, -0.2) is 4.39 Å². The highest BCUT2D eigenvalue weighted by molar-refractivity contribution is 5.84. The van der Waals surface area contributed by atoms with Crippen molar-refractivity contribution in [2.24, 2.45) is 10.2 Å². The minimum atomic E-state index is -0.251. The van der Waals surface area contributed by atoms with Crippen molar-refractivity contribution in [3.63, 3.8) is 0 Å². The fraction of sp³-hybridized carbons (Fsp3) is 0.312. The first-order valence-corrected chi connectivity index (χ1v) is 12.9. The lowest BCUT2D eigenvalue weighted by Crippen LogP contribution is -1.93. The van der Waals surface area contributed by atoms with Crippen molar-refractivity contribution < 1.29 is 4.39 Å². The van der Waals surface area contributed by atoms with Gasteiger partial charge in [-0.05, 0) is 72.4 Å². The first-order valence-electron chi connectivity index (χ1n) is 12.9. The average Bonchev–Trinajstić information content (AvgIpc) is 2.88. The summed E-state index contributed by atoms with van der Waals surface area (Å²) in [6, 6.07) is 21.7. The third kappa shape index (κ3) is 8.75. The molecule has 35 heavy (non-hydrogen) atoms. The van der Waals surface area contributed by atoms with E-state index < -0.39 is 0 Å². The molecular weight excluding hydrogens is 431 g/mol. The lowest BCUT2D eigenvalue weighted by atomic mass is 10.00. The number of unbranched alkanes of at least 4 members (excludes halogenated alkanes) is 5. The predicted molar refractivity (Wildman–Crippen MR) is 149 cm³/mol. The Hall–Kier alpha value is -3.33. The third-order valence-corrected chi connectivity index (χ3v) is 6.21. The Kier molecular flexibility index (Phi) is 11.1. The van der Waals surface area contributed by atoms with Gasteiger partial charge in [-0.2, -0.15) is 10.2 Å². The van der Waals surface area contributed by atoms with Crippen LogP contribution in [-0.4, -0.2) is 12.4 Å². The van der Waals surface area contributed by atoms with Crippen LogP contribution in [0, 0.1) is 5.82 Å². The van der Waals surface area contributed by atoms with Gasteiger partial charge in [0, 0.05) is 5.56 Å². The van der Waals surface area contributed by atoms with Crippen molar-refractivity contribution >= 4 is 12.4 Å². The van der Waals surface area contributed by atoms with E-state index in [2.05, 4.69) is 54.0 Å². The highest BCUT2D eigenvalue weighted by Gasteiger charge is 2.06. The Morgan fingerprint density at radius 1 is 0.800 bits per heavy atom. The van der Waals surface area contributed by atoms with Crippen LogP contribution >= 0.6 is 0 Å². The Labute approximate surface area is 210 Å². The molecule has 0 saturated heterocycles. The number of rotatable bonds is 14. The highest BCUT2D eigenvalue weighted by Crippen LogP contribution is 2.24. The molecule has 0 atom stereocenters. The molecule has 0 fully saturated rings. The maximum Gasteiger partial charge on any atom is 0.131 e. The molecule has 0 unspecified atom stereocenters. The van der Waals surface area contributed by atoms with Crippen LogP contribution in [0.5, 0.6) is 0 Å². The fourth-order valence-electron chi connectivity index (χ4n) is 4.14. The molecule has 0 aliphatic rings. The van der Waals surface area contributed by atoms with Gasteiger partial charge >= 0.3 is 0 Å². The summed E-state index contributed by atoms with van der Waals surface area (Å²) < 4.78 is 14.8. The number of halogens is 1. The zero-order chi connectivity index (χ0) is 24.7. The minimum Gasteiger partial charge on any atom is -0.206 e. The molecule has 0 radical (unpaired) electrons. The molecule has 0 aliphatic carbocycles. The van der Waals surface area contributed by atoms with Gasteiger partial charge in [0.2, 0.25) is 0 Å². The second-order valence-corrected chi connectivity index (χ2v) is 8.97. The Morgan fingerprint density at radius 2 is 1.57 bits per heavy atom. The van der Waals surface area contributed by atoms with Crippen LogP contribution in [0.4, 0.5) is 4.39 Å². The summed E-state index contributed by atoms with van der Waals surface area (Å²) in [6.45, 7) is 5.99. The number of benzene rings is 3. The lowest BCUT2D eigenvalue weighted by Gasteiger charge is -2.06. The largest absolute Gasteiger partial charge is 0.206 e. The summed E-state index contributed by atoms with van der Waals surface area (Å²) in [5.41, 5.74) is 5.84. The number of hydrogen-bond acceptors (Lipinski definition) is 2. The molecule has 3 heteroatoms. The van der Waals surface area contributed by atoms with Crippen LogP contribution < -0.4 is 0 Å². The van der Waals surface area contributed by atoms with E-state index in [4.69, 9.17) is 0 Å². The molecule has 3 aromatic rings. The lowest BCUT2D eigenvalue weighted by molar-refractivity contribution is 0.631. The first kappa shape index (κ1) is 26.3. The van der Waals surface area contributed by atoms with Crippen LogP contribution in [-0.2, 0) is 12.8 Å². The van der Waals surface area contributed by atoms with Crippen molar-refractivity contribution in [3.05, 3.63) is 107 Å². The molecule has 0 aliphatic heterocycles. The fourth-order valence-corrected chi connectivity index (χ4v) is 4.14. The second-order valence-electron chi connectivity index (χ2n) is 8.97. The van der Waals surface area contributed by atoms with Crippen molar-refractivity contribution in [2.45, 2.75) is 64.7 Å². The summed E-state index contributed by atoms with van der Waals surface area (Å²) in [5.74, 6) is -0.251. The zero-order valence-electron chi connectivity index (χ0n) is 20.9. The molecule has 0 saturated carbocycles. The van der Waals surface area contributed by atoms with Gasteiger partial charge in [-0.1, -0.05) is 92.9 Å². The maximum atomic E-state index is 14.8. The quantitative estimate of drug-likeness (QED) is 0.0976. The molecule has 0 bridgehead atoms. The molecule has 0 spiro atoms. The van der Waals surface area contributed by atoms with E-state index in [1.165, 1.54) is 49.3 Å². The Bertz CT molecular complexity index is 1110. The van der Waals surface area contributed by atoms with Crippen LogP contribution in [0.3, 0.4) is 0 Å². The topological polar surface area (TPSA) is 24.7 Å². The van der Waals surface area contributed by atoms with Crippen molar-refractivity contribution in [1.82, 2.24) is 0 Å². The van der Waals surface area contributed by atoms with Gasteiger partial charge in [0.25, 0.3) is 0 Å². The minimum absolute atomic E-state index is 0.251. The van der Waals surface area contributed by atoms with Crippen LogP contribution in [0.2, 0.25) is 0 Å². The van der Waals surface area contributed by atoms with Crippen LogP contribution in [0.1, 0.15) is 74.1 Å². The number of aryl methyl sites for hydroxylation is 2. The molecule has 0 N–H and O–H groups in total. The van der Waals surface area contributed by atoms with E-state index in [1.54, 1.807) is 12.4 Å². The standard InChI is InChI=1S/C32H37FN2/c1-3-5-7-8-10-14-28-15-11-12-16-30(28)25-35-34-24-27-19-22-31(32(33)23-27)29-20-17-26(18-21-29)13-9-6-4-2/h3,11-12,15-25H,1,4-10,13-14H2,2H3. The van der Waals surface area contributed by atoms with Gasteiger partial charge in [0.15, 0.2) is 0 Å². The first-order chi connectivity index (χ1) is 17.2. The third-order valence-electron chi connectivity index (χ3n) is 6.21. The number of hydrogen-bond donors (Lipinski definition) is 0. The molecular formula is C32H37FN2. The molecule has 0 amide bonds. The van der Waals surface area contributed by atoms with Gasteiger partial charge in [-0.3, -0.25) is 0 Å². The summed E-state index contributed by atoms with van der Waals surface area (Å²) in [7, 11) is 0. The van der Waals surface area contributed by atoms with Gasteiger partial charge in [-0.15, -0.1) is 6.58 Å². The molecule has 182 valence electrons. The summed E-state index contributed by atoms with van der Waals surface area (Å²) in [4.78, 5) is 0. The summed E-state index contributed by atoms with van der Waals surface area (Å²) >= 11 is 0. The molecule has 3 rings (SSSR count). The Balaban J connectivity index is 1.59. The van der Waals surface area contributed by atoms with Crippen molar-refractivity contribution in [1.29, 1.82) is 0 Å². The molecule has 0 aromatic heterocycles. The van der Waals surface area contributed by atoms with E-state index in [1.807, 2.05) is 36.4 Å². The normalized spacial score (nSPS) is 11.5. The molecule has 2 nitrogen and oxygen atoms in total. The molecule has 0 heterocycles. The van der Waals surface area contributed by atoms with E-state index >= 15 is 0 Å². The number of nitrogens with zero attached hydrogens (tertiary/aromatic N) is 2. The van der Waals surface area contributed by atoms with E-state index in [9.17, 15) is 4.39 Å². The summed E-state index contributed by atoms with van der Waals surface area (Å²) in [5, 5.41) is 8.37. The van der Waals surface area contributed by atoms with Gasteiger partial charge in [0.05, 0.1) is 12.4 Å². The van der Waals surface area contributed by atoms with E-state index in [0.29, 0.717) is 11.1 Å². The highest BCUT2D eigenvalue weighted by atomic mass is 19.1. The van der Waals surface area contributed by atoms with Gasteiger partial charge in [0.1, 0.15) is 5.82 Å². The van der Waals surface area contributed by atoms with Crippen LogP contribution in [0.15, 0.2) is 89.6 Å². The smallest absolute Gasteiger partial charge is 0.131 e. The Morgan fingerprint density at radius 3 is 2.34 bits per heavy atom. The second kappa shape index (κ2) is 14.8. The maximum absolute atomic E-state index is 14.8. The molecule has 3 aromatic carbocycles. The van der Waals surface area contributed by atoms with E-state index in [0.717, 1.165) is 36.8 Å². The van der Waals surface area contributed by atoms with Gasteiger partial charge < -0.3 is 0 Å². The number of allylic oxidation sites excluding steroid dienone is 1. The average molecular weight is 469 g/mol. The van der Waals surface area contributed by atoms with E-state index in [-0.39, 0.29) is 5.82 Å². The summed E-state index contributed by atoms with van der Waals surface area (Å²) in [6.07, 6.45) is 15.7. The van der Waals surface area contributed by atoms with Crippen molar-refractivity contribution in [2.75, 3.05) is 0 Å². The van der Waals surface area contributed by atoms with Crippen molar-refractivity contribution in [3.8, 4) is 11.1 Å². The monoisotopic (exact) mass is 468 g/mol. The zero-order valence-corrected chi connectivity index (χ0v) is 20.9. The SMILES string of the molecule is C=CCCCCCc1ccccc1C=NN=Cc1ccc(-c2ccc(CCCCC)cc2)c(F)c1. The van der Waals surface area contributed by atoms with Crippen LogP contribution in [0.25, 0.3) is 11.1 Å². The predicted octanol–water partition coefficient (Wildman–Crippen LogP) is 8.97.